The van der Waals surface area contributed by atoms with Crippen LogP contribution in [-0.2, 0) is 6.54 Å². The van der Waals surface area contributed by atoms with E-state index in [4.69, 9.17) is 16.3 Å². The largest absolute Gasteiger partial charge is 0.496 e. The Bertz CT molecular complexity index is 845. The number of rotatable bonds is 4. The molecule has 3 rings (SSSR count). The Hall–Kier alpha value is -2.33. The van der Waals surface area contributed by atoms with Crippen LogP contribution >= 0.6 is 11.6 Å². The maximum absolute atomic E-state index is 13.8. The molecule has 0 fully saturated rings. The average molecular weight is 331 g/mol. The van der Waals surface area contributed by atoms with Gasteiger partial charge in [0.2, 0.25) is 0 Å². The fraction of sp³-hybridized carbons (Fsp3) is 0.167. The number of hydrogen-bond acceptors (Lipinski definition) is 2. The predicted molar refractivity (Wildman–Crippen MR) is 89.5 cm³/mol. The number of methoxy groups -OCH3 is 1. The number of para-hydroxylation sites is 1. The van der Waals surface area contributed by atoms with E-state index in [9.17, 15) is 4.39 Å². The molecule has 0 aliphatic rings. The van der Waals surface area contributed by atoms with E-state index in [0.29, 0.717) is 17.9 Å². The van der Waals surface area contributed by atoms with Crippen molar-refractivity contribution in [2.24, 2.45) is 0 Å². The van der Waals surface area contributed by atoms with E-state index < -0.39 is 5.82 Å². The minimum absolute atomic E-state index is 0.105. The molecule has 5 heteroatoms. The second-order valence-corrected chi connectivity index (χ2v) is 5.66. The first kappa shape index (κ1) is 15.6. The lowest BCUT2D eigenvalue weighted by atomic mass is 10.1. The van der Waals surface area contributed by atoms with Gasteiger partial charge in [-0.25, -0.2) is 9.37 Å². The van der Waals surface area contributed by atoms with E-state index in [2.05, 4.69) is 4.98 Å². The van der Waals surface area contributed by atoms with Crippen molar-refractivity contribution >= 4 is 11.6 Å². The first-order chi connectivity index (χ1) is 11.1. The highest BCUT2D eigenvalue weighted by atomic mass is 35.5. The zero-order valence-corrected chi connectivity index (χ0v) is 13.6. The summed E-state index contributed by atoms with van der Waals surface area (Å²) in [4.78, 5) is 4.42. The average Bonchev–Trinajstić information content (AvgIpc) is 2.92. The van der Waals surface area contributed by atoms with Gasteiger partial charge in [0.15, 0.2) is 0 Å². The van der Waals surface area contributed by atoms with E-state index in [1.54, 1.807) is 25.4 Å². The third-order valence-corrected chi connectivity index (χ3v) is 4.06. The number of hydrogen-bond donors (Lipinski definition) is 0. The molecule has 0 unspecified atom stereocenters. The van der Waals surface area contributed by atoms with Crippen molar-refractivity contribution in [2.75, 3.05) is 7.11 Å². The molecule has 0 radical (unpaired) electrons. The molecule has 0 saturated carbocycles. The van der Waals surface area contributed by atoms with Gasteiger partial charge in [-0.2, -0.15) is 0 Å². The summed E-state index contributed by atoms with van der Waals surface area (Å²) < 4.78 is 21.2. The van der Waals surface area contributed by atoms with Crippen molar-refractivity contribution in [3.05, 3.63) is 70.8 Å². The zero-order valence-electron chi connectivity index (χ0n) is 12.9. The number of aromatic nitrogens is 2. The number of nitrogens with zero attached hydrogens (tertiary/aromatic N) is 2. The monoisotopic (exact) mass is 330 g/mol. The van der Waals surface area contributed by atoms with Gasteiger partial charge in [-0.3, -0.25) is 0 Å². The van der Waals surface area contributed by atoms with Gasteiger partial charge < -0.3 is 9.30 Å². The van der Waals surface area contributed by atoms with Crippen molar-refractivity contribution in [1.82, 2.24) is 9.55 Å². The summed E-state index contributed by atoms with van der Waals surface area (Å²) in [5.74, 6) is 1.06. The Morgan fingerprint density at radius 2 is 2.00 bits per heavy atom. The van der Waals surface area contributed by atoms with Gasteiger partial charge in [0.05, 0.1) is 18.7 Å². The fourth-order valence-electron chi connectivity index (χ4n) is 2.53. The molecular formula is C18H16ClFN2O. The van der Waals surface area contributed by atoms with Gasteiger partial charge in [0.1, 0.15) is 17.4 Å². The molecule has 1 aromatic heterocycles. The highest BCUT2D eigenvalue weighted by Crippen LogP contribution is 2.26. The smallest absolute Gasteiger partial charge is 0.142 e. The van der Waals surface area contributed by atoms with E-state index in [-0.39, 0.29) is 5.02 Å². The first-order valence-corrected chi connectivity index (χ1v) is 7.57. The third-order valence-electron chi connectivity index (χ3n) is 3.75. The molecule has 0 atom stereocenters. The lowest BCUT2D eigenvalue weighted by Gasteiger charge is -2.13. The summed E-state index contributed by atoms with van der Waals surface area (Å²) >= 11 is 5.76. The minimum Gasteiger partial charge on any atom is -0.496 e. The van der Waals surface area contributed by atoms with Gasteiger partial charge in [-0.15, -0.1) is 0 Å². The van der Waals surface area contributed by atoms with Crippen LogP contribution in [0.1, 0.15) is 11.3 Å². The van der Waals surface area contributed by atoms with E-state index in [1.807, 2.05) is 35.8 Å². The Morgan fingerprint density at radius 3 is 2.74 bits per heavy atom. The van der Waals surface area contributed by atoms with Crippen molar-refractivity contribution < 1.29 is 9.13 Å². The number of ether oxygens (including phenoxy) is 1. The van der Waals surface area contributed by atoms with Crippen molar-refractivity contribution in [3.8, 4) is 17.1 Å². The van der Waals surface area contributed by atoms with Crippen LogP contribution in [0.5, 0.6) is 5.75 Å². The number of imidazole rings is 1. The minimum atomic E-state index is -0.450. The highest BCUT2D eigenvalue weighted by Gasteiger charge is 2.13. The molecule has 0 N–H and O–H groups in total. The molecule has 0 aliphatic heterocycles. The Balaban J connectivity index is 2.03. The van der Waals surface area contributed by atoms with Gasteiger partial charge >= 0.3 is 0 Å². The van der Waals surface area contributed by atoms with Gasteiger partial charge in [0.25, 0.3) is 0 Å². The Labute approximate surface area is 139 Å². The molecule has 0 aliphatic carbocycles. The van der Waals surface area contributed by atoms with Crippen LogP contribution in [0.15, 0.2) is 48.7 Å². The molecule has 118 valence electrons. The molecule has 1 heterocycles. The molecule has 3 aromatic rings. The zero-order chi connectivity index (χ0) is 16.4. The summed E-state index contributed by atoms with van der Waals surface area (Å²) in [5, 5.41) is 0.105. The molecule has 3 nitrogen and oxygen atoms in total. The Kier molecular flexibility index (Phi) is 4.35. The van der Waals surface area contributed by atoms with Crippen LogP contribution in [0.4, 0.5) is 4.39 Å². The summed E-state index contributed by atoms with van der Waals surface area (Å²) in [6.07, 6.45) is 1.78. The third kappa shape index (κ3) is 3.08. The number of benzene rings is 2. The molecule has 0 amide bonds. The Morgan fingerprint density at radius 1 is 1.22 bits per heavy atom. The van der Waals surface area contributed by atoms with Crippen LogP contribution in [0.2, 0.25) is 5.02 Å². The first-order valence-electron chi connectivity index (χ1n) is 7.19. The topological polar surface area (TPSA) is 27.1 Å². The lowest BCUT2D eigenvalue weighted by Crippen LogP contribution is -2.05. The van der Waals surface area contributed by atoms with Crippen LogP contribution in [-0.4, -0.2) is 16.7 Å². The van der Waals surface area contributed by atoms with Gasteiger partial charge in [-0.05, 0) is 31.2 Å². The van der Waals surface area contributed by atoms with Crippen LogP contribution in [0.3, 0.4) is 0 Å². The van der Waals surface area contributed by atoms with Crippen LogP contribution in [0.25, 0.3) is 11.4 Å². The van der Waals surface area contributed by atoms with Crippen LogP contribution in [0, 0.1) is 12.7 Å². The molecule has 0 saturated heterocycles. The predicted octanol–water partition coefficient (Wildman–Crippen LogP) is 4.71. The summed E-state index contributed by atoms with van der Waals surface area (Å²) in [6, 6.07) is 12.5. The van der Waals surface area contributed by atoms with E-state index in [0.717, 1.165) is 17.0 Å². The second kappa shape index (κ2) is 6.42. The van der Waals surface area contributed by atoms with Crippen molar-refractivity contribution in [1.29, 1.82) is 0 Å². The number of halogens is 2. The second-order valence-electron chi connectivity index (χ2n) is 5.25. The molecule has 0 spiro atoms. The van der Waals surface area contributed by atoms with Crippen LogP contribution < -0.4 is 4.74 Å². The lowest BCUT2D eigenvalue weighted by molar-refractivity contribution is 0.408. The van der Waals surface area contributed by atoms with E-state index in [1.165, 1.54) is 6.07 Å². The quantitative estimate of drug-likeness (QED) is 0.693. The summed E-state index contributed by atoms with van der Waals surface area (Å²) in [7, 11) is 1.65. The molecule has 23 heavy (non-hydrogen) atoms. The molecule has 2 aromatic carbocycles. The fourth-order valence-corrected chi connectivity index (χ4v) is 2.65. The maximum Gasteiger partial charge on any atom is 0.142 e. The molecule has 0 bridgehead atoms. The summed E-state index contributed by atoms with van der Waals surface area (Å²) in [5.41, 5.74) is 2.71. The van der Waals surface area contributed by atoms with Crippen molar-refractivity contribution in [2.45, 2.75) is 13.5 Å². The normalized spacial score (nSPS) is 10.8. The van der Waals surface area contributed by atoms with Gasteiger partial charge in [-0.1, -0.05) is 29.8 Å². The van der Waals surface area contributed by atoms with E-state index >= 15 is 0 Å². The van der Waals surface area contributed by atoms with Gasteiger partial charge in [0, 0.05) is 23.0 Å². The standard InChI is InChI=1S/C18H16ClFN2O/c1-12-10-21-18(13-7-8-15(19)16(20)9-13)22(12)11-14-5-3-4-6-17(14)23-2/h3-10H,11H2,1-2H3. The summed E-state index contributed by atoms with van der Waals surface area (Å²) in [6.45, 7) is 2.56. The number of aryl methyl sites for hydroxylation is 1. The SMILES string of the molecule is COc1ccccc1Cn1c(C)cnc1-c1ccc(Cl)c(F)c1. The van der Waals surface area contributed by atoms with Crippen molar-refractivity contribution in [3.63, 3.8) is 0 Å². The highest BCUT2D eigenvalue weighted by molar-refractivity contribution is 6.30. The maximum atomic E-state index is 13.8. The molecular weight excluding hydrogens is 315 g/mol.